The number of aryl methyl sites for hydroxylation is 1. The zero-order chi connectivity index (χ0) is 13.9. The van der Waals surface area contributed by atoms with Gasteiger partial charge in [-0.15, -0.1) is 0 Å². The van der Waals surface area contributed by atoms with E-state index in [1.165, 1.54) is 24.8 Å². The van der Waals surface area contributed by atoms with Crippen LogP contribution in [-0.2, 0) is 13.0 Å². The maximum absolute atomic E-state index is 5.80. The molecule has 0 radical (unpaired) electrons. The van der Waals surface area contributed by atoms with Crippen molar-refractivity contribution in [2.24, 2.45) is 11.1 Å². The molecule has 2 rings (SSSR count). The molecule has 2 N–H and O–H groups in total. The van der Waals surface area contributed by atoms with E-state index < -0.39 is 0 Å². The normalized spacial score (nSPS) is 18.0. The van der Waals surface area contributed by atoms with E-state index in [0.29, 0.717) is 12.0 Å². The second-order valence-electron chi connectivity index (χ2n) is 5.76. The molecule has 0 aliphatic carbocycles. The molecule has 1 aromatic heterocycles. The van der Waals surface area contributed by atoms with Crippen molar-refractivity contribution in [3.05, 3.63) is 23.4 Å². The number of hydrogen-bond donors (Lipinski definition) is 1. The van der Waals surface area contributed by atoms with Gasteiger partial charge in [0.2, 0.25) is 0 Å². The standard InChI is InChI=1S/C16H27N3/c1-4-14-9-13(11-17)10-15(18-14)19-8-7-16(5-2,6-3)12-19/h9-10H,4-8,11-12,17H2,1-3H3. The Morgan fingerprint density at radius 3 is 2.53 bits per heavy atom. The molecule has 1 fully saturated rings. The van der Waals surface area contributed by atoms with Crippen LogP contribution in [0.5, 0.6) is 0 Å². The smallest absolute Gasteiger partial charge is 0.129 e. The fourth-order valence-electron chi connectivity index (χ4n) is 3.05. The summed E-state index contributed by atoms with van der Waals surface area (Å²) in [6.07, 6.45) is 4.78. The quantitative estimate of drug-likeness (QED) is 0.885. The van der Waals surface area contributed by atoms with E-state index in [9.17, 15) is 0 Å². The Morgan fingerprint density at radius 1 is 1.26 bits per heavy atom. The van der Waals surface area contributed by atoms with E-state index in [0.717, 1.165) is 31.0 Å². The molecule has 106 valence electrons. The number of aromatic nitrogens is 1. The van der Waals surface area contributed by atoms with Gasteiger partial charge in [-0.05, 0) is 48.8 Å². The van der Waals surface area contributed by atoms with E-state index in [1.807, 2.05) is 0 Å². The van der Waals surface area contributed by atoms with Gasteiger partial charge in [0.1, 0.15) is 5.82 Å². The van der Waals surface area contributed by atoms with Crippen molar-refractivity contribution in [1.29, 1.82) is 0 Å². The van der Waals surface area contributed by atoms with Crippen LogP contribution in [0.25, 0.3) is 0 Å². The van der Waals surface area contributed by atoms with Crippen LogP contribution in [-0.4, -0.2) is 18.1 Å². The topological polar surface area (TPSA) is 42.1 Å². The summed E-state index contributed by atoms with van der Waals surface area (Å²) >= 11 is 0. The second-order valence-corrected chi connectivity index (χ2v) is 5.76. The first-order chi connectivity index (χ1) is 9.16. The molecule has 0 aromatic carbocycles. The molecule has 0 bridgehead atoms. The lowest BCUT2D eigenvalue weighted by Crippen LogP contribution is -2.27. The highest BCUT2D eigenvalue weighted by molar-refractivity contribution is 5.44. The lowest BCUT2D eigenvalue weighted by Gasteiger charge is -2.27. The monoisotopic (exact) mass is 261 g/mol. The minimum atomic E-state index is 0.493. The SMILES string of the molecule is CCc1cc(CN)cc(N2CCC(CC)(CC)C2)n1. The van der Waals surface area contributed by atoms with Gasteiger partial charge in [0.05, 0.1) is 0 Å². The fourth-order valence-corrected chi connectivity index (χ4v) is 3.05. The number of hydrogen-bond acceptors (Lipinski definition) is 3. The van der Waals surface area contributed by atoms with Crippen LogP contribution in [0, 0.1) is 5.41 Å². The Kier molecular flexibility index (Phi) is 4.46. The fraction of sp³-hybridized carbons (Fsp3) is 0.688. The molecule has 0 atom stereocenters. The number of nitrogens with two attached hydrogens (primary N) is 1. The van der Waals surface area contributed by atoms with Crippen molar-refractivity contribution in [3.63, 3.8) is 0 Å². The van der Waals surface area contributed by atoms with Crippen molar-refractivity contribution in [1.82, 2.24) is 4.98 Å². The van der Waals surface area contributed by atoms with Gasteiger partial charge in [-0.25, -0.2) is 4.98 Å². The molecule has 0 spiro atoms. The summed E-state index contributed by atoms with van der Waals surface area (Å²) in [7, 11) is 0. The number of nitrogens with zero attached hydrogens (tertiary/aromatic N) is 2. The van der Waals surface area contributed by atoms with Gasteiger partial charge in [0.15, 0.2) is 0 Å². The van der Waals surface area contributed by atoms with Gasteiger partial charge >= 0.3 is 0 Å². The zero-order valence-electron chi connectivity index (χ0n) is 12.6. The van der Waals surface area contributed by atoms with Crippen molar-refractivity contribution >= 4 is 5.82 Å². The number of pyridine rings is 1. The molecule has 3 heteroatoms. The zero-order valence-corrected chi connectivity index (χ0v) is 12.6. The summed E-state index contributed by atoms with van der Waals surface area (Å²) in [5.41, 5.74) is 8.65. The third-order valence-corrected chi connectivity index (χ3v) is 4.78. The number of rotatable bonds is 5. The molecule has 1 aliphatic rings. The summed E-state index contributed by atoms with van der Waals surface area (Å²) in [6.45, 7) is 9.65. The van der Waals surface area contributed by atoms with Crippen LogP contribution in [0.2, 0.25) is 0 Å². The minimum absolute atomic E-state index is 0.493. The average Bonchev–Trinajstić information content (AvgIpc) is 2.92. The third-order valence-electron chi connectivity index (χ3n) is 4.78. The van der Waals surface area contributed by atoms with Crippen molar-refractivity contribution in [2.45, 2.75) is 53.0 Å². The Hall–Kier alpha value is -1.09. The molecule has 0 amide bonds. The van der Waals surface area contributed by atoms with E-state index in [-0.39, 0.29) is 0 Å². The molecule has 0 unspecified atom stereocenters. The van der Waals surface area contributed by atoms with Gasteiger partial charge in [0, 0.05) is 25.3 Å². The van der Waals surface area contributed by atoms with E-state index in [1.54, 1.807) is 0 Å². The predicted octanol–water partition coefficient (Wildman–Crippen LogP) is 3.12. The molecule has 2 heterocycles. The van der Waals surface area contributed by atoms with Gasteiger partial charge < -0.3 is 10.6 Å². The second kappa shape index (κ2) is 5.91. The maximum atomic E-state index is 5.80. The summed E-state index contributed by atoms with van der Waals surface area (Å²) < 4.78 is 0. The molecule has 1 aliphatic heterocycles. The van der Waals surface area contributed by atoms with Crippen LogP contribution in [0.4, 0.5) is 5.82 Å². The van der Waals surface area contributed by atoms with Gasteiger partial charge in [-0.3, -0.25) is 0 Å². The van der Waals surface area contributed by atoms with Crippen molar-refractivity contribution in [2.75, 3.05) is 18.0 Å². The molecule has 19 heavy (non-hydrogen) atoms. The van der Waals surface area contributed by atoms with Gasteiger partial charge in [0.25, 0.3) is 0 Å². The summed E-state index contributed by atoms with van der Waals surface area (Å²) in [6, 6.07) is 4.30. The summed E-state index contributed by atoms with van der Waals surface area (Å²) in [5.74, 6) is 1.13. The largest absolute Gasteiger partial charge is 0.356 e. The van der Waals surface area contributed by atoms with Crippen LogP contribution in [0.15, 0.2) is 12.1 Å². The van der Waals surface area contributed by atoms with Crippen LogP contribution >= 0.6 is 0 Å². The van der Waals surface area contributed by atoms with Gasteiger partial charge in [-0.1, -0.05) is 20.8 Å². The Labute approximate surface area is 117 Å². The first kappa shape index (κ1) is 14.3. The van der Waals surface area contributed by atoms with E-state index >= 15 is 0 Å². The predicted molar refractivity (Wildman–Crippen MR) is 81.4 cm³/mol. The highest BCUT2D eigenvalue weighted by atomic mass is 15.2. The molecule has 1 saturated heterocycles. The minimum Gasteiger partial charge on any atom is -0.356 e. The van der Waals surface area contributed by atoms with Crippen LogP contribution in [0.1, 0.15) is 51.3 Å². The summed E-state index contributed by atoms with van der Waals surface area (Å²) in [4.78, 5) is 7.24. The van der Waals surface area contributed by atoms with E-state index in [2.05, 4.69) is 37.8 Å². The first-order valence-electron chi connectivity index (χ1n) is 7.61. The third kappa shape index (κ3) is 2.92. The Balaban J connectivity index is 2.23. The highest BCUT2D eigenvalue weighted by Gasteiger charge is 2.35. The molecular weight excluding hydrogens is 234 g/mol. The molecule has 3 nitrogen and oxygen atoms in total. The maximum Gasteiger partial charge on any atom is 0.129 e. The lowest BCUT2D eigenvalue weighted by atomic mass is 9.82. The summed E-state index contributed by atoms with van der Waals surface area (Å²) in [5, 5.41) is 0. The average molecular weight is 261 g/mol. The highest BCUT2D eigenvalue weighted by Crippen LogP contribution is 2.38. The van der Waals surface area contributed by atoms with Crippen molar-refractivity contribution in [3.8, 4) is 0 Å². The Morgan fingerprint density at radius 2 is 2.00 bits per heavy atom. The Bertz CT molecular complexity index is 402. The molecule has 1 aromatic rings. The lowest BCUT2D eigenvalue weighted by molar-refractivity contribution is 0.301. The molecular formula is C16H27N3. The van der Waals surface area contributed by atoms with Crippen LogP contribution in [0.3, 0.4) is 0 Å². The number of anilines is 1. The first-order valence-corrected chi connectivity index (χ1v) is 7.61. The van der Waals surface area contributed by atoms with Gasteiger partial charge in [-0.2, -0.15) is 0 Å². The van der Waals surface area contributed by atoms with E-state index in [4.69, 9.17) is 10.7 Å². The van der Waals surface area contributed by atoms with Crippen molar-refractivity contribution < 1.29 is 0 Å². The molecule has 0 saturated carbocycles. The van der Waals surface area contributed by atoms with Crippen LogP contribution < -0.4 is 10.6 Å².